The summed E-state index contributed by atoms with van der Waals surface area (Å²) in [6, 6.07) is 5.96. The van der Waals surface area contributed by atoms with Crippen LogP contribution in [0.5, 0.6) is 5.75 Å². The summed E-state index contributed by atoms with van der Waals surface area (Å²) in [7, 11) is -0.315. The number of hydrogen-bond donors (Lipinski definition) is 1. The minimum Gasteiger partial charge on any atom is -0.489 e. The normalized spacial score (nSPS) is 25.6. The molecule has 2 atom stereocenters. The molecular formula is C11H15BClNO3. The predicted octanol–water partition coefficient (Wildman–Crippen LogP) is 0.631. The molecule has 0 unspecified atom stereocenters. The van der Waals surface area contributed by atoms with Crippen LogP contribution < -0.4 is 15.9 Å². The molecule has 0 radical (unpaired) electrons. The summed E-state index contributed by atoms with van der Waals surface area (Å²) < 4.78 is 17.2. The van der Waals surface area contributed by atoms with E-state index < -0.39 is 0 Å². The van der Waals surface area contributed by atoms with E-state index in [0.717, 1.165) is 16.8 Å². The van der Waals surface area contributed by atoms with Crippen LogP contribution in [-0.2, 0) is 9.31 Å². The van der Waals surface area contributed by atoms with Gasteiger partial charge in [-0.2, -0.15) is 0 Å². The van der Waals surface area contributed by atoms with Gasteiger partial charge in [0.25, 0.3) is 0 Å². The van der Waals surface area contributed by atoms with Crippen molar-refractivity contribution in [3.63, 3.8) is 0 Å². The highest BCUT2D eigenvalue weighted by atomic mass is 35.5. The highest BCUT2D eigenvalue weighted by molar-refractivity contribution is 6.64. The molecule has 17 heavy (non-hydrogen) atoms. The van der Waals surface area contributed by atoms with Crippen molar-refractivity contribution in [2.75, 3.05) is 13.2 Å². The van der Waals surface area contributed by atoms with Gasteiger partial charge in [-0.1, -0.05) is 12.1 Å². The molecule has 0 amide bonds. The first kappa shape index (κ1) is 12.7. The maximum Gasteiger partial charge on any atom is 0.498 e. The highest BCUT2D eigenvalue weighted by Gasteiger charge is 2.41. The van der Waals surface area contributed by atoms with Crippen LogP contribution in [0.4, 0.5) is 0 Å². The lowest BCUT2D eigenvalue weighted by molar-refractivity contribution is 0.113. The SMILES string of the molecule is C[C@H]1COB2O[C@H](CN)c3cccc(c32)O1.Cl. The molecule has 1 aromatic rings. The summed E-state index contributed by atoms with van der Waals surface area (Å²) in [4.78, 5) is 0. The Hall–Kier alpha value is -0.745. The van der Waals surface area contributed by atoms with Gasteiger partial charge in [0.15, 0.2) is 0 Å². The molecule has 0 aliphatic carbocycles. The largest absolute Gasteiger partial charge is 0.498 e. The fraction of sp³-hybridized carbons (Fsp3) is 0.455. The molecule has 0 fully saturated rings. The van der Waals surface area contributed by atoms with Gasteiger partial charge in [-0.3, -0.25) is 0 Å². The maximum absolute atomic E-state index is 5.80. The third-order valence-electron chi connectivity index (χ3n) is 2.99. The molecule has 2 N–H and O–H groups in total. The van der Waals surface area contributed by atoms with Gasteiger partial charge in [0.1, 0.15) is 11.9 Å². The summed E-state index contributed by atoms with van der Waals surface area (Å²) in [5, 5.41) is 0. The monoisotopic (exact) mass is 255 g/mol. The van der Waals surface area contributed by atoms with E-state index in [1.807, 2.05) is 25.1 Å². The van der Waals surface area contributed by atoms with Crippen LogP contribution in [0.1, 0.15) is 18.6 Å². The van der Waals surface area contributed by atoms with E-state index in [2.05, 4.69) is 0 Å². The lowest BCUT2D eigenvalue weighted by atomic mass is 9.78. The first-order valence-corrected chi connectivity index (χ1v) is 5.56. The van der Waals surface area contributed by atoms with Gasteiger partial charge < -0.3 is 19.8 Å². The summed E-state index contributed by atoms with van der Waals surface area (Å²) in [5.74, 6) is 0.864. The minimum atomic E-state index is -0.315. The molecule has 0 aromatic heterocycles. The van der Waals surface area contributed by atoms with Crippen LogP contribution in [0.25, 0.3) is 0 Å². The number of ether oxygens (including phenoxy) is 1. The maximum atomic E-state index is 5.80. The highest BCUT2D eigenvalue weighted by Crippen LogP contribution is 2.30. The summed E-state index contributed by atoms with van der Waals surface area (Å²) >= 11 is 0. The lowest BCUT2D eigenvalue weighted by Gasteiger charge is -2.15. The van der Waals surface area contributed by atoms with Crippen LogP contribution in [-0.4, -0.2) is 26.4 Å². The smallest absolute Gasteiger partial charge is 0.489 e. The molecule has 3 rings (SSSR count). The lowest BCUT2D eigenvalue weighted by Crippen LogP contribution is -2.31. The summed E-state index contributed by atoms with van der Waals surface area (Å²) in [6.07, 6.45) is -0.0195. The number of hydrogen-bond acceptors (Lipinski definition) is 4. The average Bonchev–Trinajstić information content (AvgIpc) is 2.57. The van der Waals surface area contributed by atoms with E-state index in [-0.39, 0.29) is 31.7 Å². The molecule has 2 aliphatic heterocycles. The van der Waals surface area contributed by atoms with Gasteiger partial charge in [-0.15, -0.1) is 12.4 Å². The van der Waals surface area contributed by atoms with Gasteiger partial charge in [-0.25, -0.2) is 0 Å². The Morgan fingerprint density at radius 2 is 2.29 bits per heavy atom. The van der Waals surface area contributed by atoms with Crippen LogP contribution in [0, 0.1) is 0 Å². The van der Waals surface area contributed by atoms with Crippen molar-refractivity contribution in [3.05, 3.63) is 23.8 Å². The van der Waals surface area contributed by atoms with Crippen molar-refractivity contribution in [3.8, 4) is 5.75 Å². The van der Waals surface area contributed by atoms with Crippen LogP contribution in [0.15, 0.2) is 18.2 Å². The van der Waals surface area contributed by atoms with Crippen LogP contribution in [0.3, 0.4) is 0 Å². The summed E-state index contributed by atoms with van der Waals surface area (Å²) in [5.41, 5.74) is 7.79. The summed E-state index contributed by atoms with van der Waals surface area (Å²) in [6.45, 7) is 2.99. The van der Waals surface area contributed by atoms with E-state index >= 15 is 0 Å². The fourth-order valence-electron chi connectivity index (χ4n) is 2.27. The molecule has 0 saturated heterocycles. The van der Waals surface area contributed by atoms with E-state index in [4.69, 9.17) is 19.8 Å². The van der Waals surface area contributed by atoms with Gasteiger partial charge in [0.2, 0.25) is 0 Å². The third-order valence-corrected chi connectivity index (χ3v) is 2.99. The zero-order valence-electron chi connectivity index (χ0n) is 9.59. The van der Waals surface area contributed by atoms with Crippen molar-refractivity contribution >= 4 is 25.0 Å². The van der Waals surface area contributed by atoms with Crippen molar-refractivity contribution < 1.29 is 14.0 Å². The average molecular weight is 256 g/mol. The van der Waals surface area contributed by atoms with Crippen molar-refractivity contribution in [2.24, 2.45) is 5.73 Å². The Bertz CT molecular complexity index is 418. The quantitative estimate of drug-likeness (QED) is 0.748. The fourth-order valence-corrected chi connectivity index (χ4v) is 2.27. The molecule has 0 bridgehead atoms. The molecule has 0 spiro atoms. The van der Waals surface area contributed by atoms with Crippen molar-refractivity contribution in [1.29, 1.82) is 0 Å². The number of nitrogens with two attached hydrogens (primary N) is 1. The molecule has 2 heterocycles. The van der Waals surface area contributed by atoms with Crippen LogP contribution in [0.2, 0.25) is 0 Å². The van der Waals surface area contributed by atoms with Crippen LogP contribution >= 0.6 is 12.4 Å². The standard InChI is InChI=1S/C11H14BNO3.ClH/c1-7-6-14-12-11-8(10(5-13)16-12)3-2-4-9(11)15-7;/h2-4,7,10H,5-6,13H2,1H3;1H/t7-,10+;/m0./s1. The Morgan fingerprint density at radius 3 is 3.06 bits per heavy atom. The molecular weight excluding hydrogens is 240 g/mol. The zero-order valence-corrected chi connectivity index (χ0v) is 10.4. The first-order chi connectivity index (χ1) is 7.79. The molecule has 1 aromatic carbocycles. The van der Waals surface area contributed by atoms with Gasteiger partial charge in [0, 0.05) is 12.0 Å². The molecule has 2 aliphatic rings. The molecule has 4 nitrogen and oxygen atoms in total. The van der Waals surface area contributed by atoms with E-state index in [1.54, 1.807) is 0 Å². The molecule has 6 heteroatoms. The number of benzene rings is 1. The van der Waals surface area contributed by atoms with Gasteiger partial charge in [0.05, 0.1) is 12.7 Å². The van der Waals surface area contributed by atoms with E-state index in [0.29, 0.717) is 13.2 Å². The first-order valence-electron chi connectivity index (χ1n) is 5.56. The van der Waals surface area contributed by atoms with Gasteiger partial charge in [-0.05, 0) is 18.6 Å². The number of rotatable bonds is 1. The molecule has 0 saturated carbocycles. The van der Waals surface area contributed by atoms with Crippen molar-refractivity contribution in [2.45, 2.75) is 19.1 Å². The third kappa shape index (κ3) is 2.04. The second-order valence-electron chi connectivity index (χ2n) is 4.21. The Morgan fingerprint density at radius 1 is 1.47 bits per heavy atom. The van der Waals surface area contributed by atoms with E-state index in [1.165, 1.54) is 0 Å². The topological polar surface area (TPSA) is 53.7 Å². The Balaban J connectivity index is 0.00000108. The number of halogens is 1. The second kappa shape index (κ2) is 4.86. The van der Waals surface area contributed by atoms with E-state index in [9.17, 15) is 0 Å². The van der Waals surface area contributed by atoms with Gasteiger partial charge >= 0.3 is 7.12 Å². The molecule has 92 valence electrons. The predicted molar refractivity (Wildman–Crippen MR) is 68.0 cm³/mol. The zero-order chi connectivity index (χ0) is 11.1. The minimum absolute atomic E-state index is 0. The van der Waals surface area contributed by atoms with Crippen molar-refractivity contribution in [1.82, 2.24) is 0 Å². The second-order valence-corrected chi connectivity index (χ2v) is 4.21. The Kier molecular flexibility index (Phi) is 3.63. The Labute approximate surface area is 107 Å².